The highest BCUT2D eigenvalue weighted by Crippen LogP contribution is 2.50. The monoisotopic (exact) mass is 287 g/mol. The summed E-state index contributed by atoms with van der Waals surface area (Å²) < 4.78 is 11.6. The number of carbonyl (C=O) groups excluding carboxylic acids is 1. The van der Waals surface area contributed by atoms with Crippen molar-refractivity contribution >= 4 is 11.6 Å². The summed E-state index contributed by atoms with van der Waals surface area (Å²) in [4.78, 5) is 14.4. The molecule has 2 aliphatic heterocycles. The fourth-order valence-corrected chi connectivity index (χ4v) is 4.02. The van der Waals surface area contributed by atoms with Crippen LogP contribution in [0.2, 0.25) is 0 Å². The van der Waals surface area contributed by atoms with Crippen LogP contribution in [0.15, 0.2) is 30.3 Å². The van der Waals surface area contributed by atoms with E-state index in [-0.39, 0.29) is 17.1 Å². The van der Waals surface area contributed by atoms with Crippen molar-refractivity contribution in [3.8, 4) is 0 Å². The summed E-state index contributed by atoms with van der Waals surface area (Å²) in [5, 5.41) is 0. The van der Waals surface area contributed by atoms with Crippen LogP contribution in [-0.2, 0) is 14.3 Å². The maximum atomic E-state index is 12.4. The predicted molar refractivity (Wildman–Crippen MR) is 78.9 cm³/mol. The summed E-state index contributed by atoms with van der Waals surface area (Å²) >= 11 is 0. The summed E-state index contributed by atoms with van der Waals surface area (Å²) in [5.41, 5.74) is 1.14. The van der Waals surface area contributed by atoms with Crippen LogP contribution in [0.4, 0.5) is 5.69 Å². The van der Waals surface area contributed by atoms with Crippen molar-refractivity contribution in [2.45, 2.75) is 37.9 Å². The minimum Gasteiger partial charge on any atom is -0.348 e. The molecule has 4 rings (SSSR count). The lowest BCUT2D eigenvalue weighted by molar-refractivity contribution is -0.190. The molecular weight excluding hydrogens is 266 g/mol. The lowest BCUT2D eigenvalue weighted by atomic mass is 9.71. The predicted octanol–water partition coefficient (Wildman–Crippen LogP) is 2.73. The van der Waals surface area contributed by atoms with Crippen molar-refractivity contribution in [1.82, 2.24) is 0 Å². The van der Waals surface area contributed by atoms with Gasteiger partial charge in [0.25, 0.3) is 0 Å². The zero-order valence-corrected chi connectivity index (χ0v) is 12.2. The Balaban J connectivity index is 1.49. The number of para-hydroxylation sites is 1. The van der Waals surface area contributed by atoms with E-state index < -0.39 is 0 Å². The van der Waals surface area contributed by atoms with Crippen LogP contribution in [0, 0.1) is 5.41 Å². The first kappa shape index (κ1) is 13.3. The molecule has 3 aliphatic rings. The van der Waals surface area contributed by atoms with E-state index in [0.717, 1.165) is 37.9 Å². The van der Waals surface area contributed by atoms with Gasteiger partial charge in [-0.1, -0.05) is 18.2 Å². The molecule has 0 N–H and O–H groups in total. The van der Waals surface area contributed by atoms with E-state index >= 15 is 0 Å². The van der Waals surface area contributed by atoms with Crippen LogP contribution in [0.3, 0.4) is 0 Å². The van der Waals surface area contributed by atoms with Gasteiger partial charge in [-0.3, -0.25) is 4.79 Å². The number of carbonyl (C=O) groups is 1. The van der Waals surface area contributed by atoms with Gasteiger partial charge in [0.05, 0.1) is 13.2 Å². The van der Waals surface area contributed by atoms with E-state index in [9.17, 15) is 4.79 Å². The van der Waals surface area contributed by atoms with Crippen molar-refractivity contribution in [3.05, 3.63) is 30.3 Å². The third kappa shape index (κ3) is 2.27. The molecule has 4 nitrogen and oxygen atoms in total. The summed E-state index contributed by atoms with van der Waals surface area (Å²) in [7, 11) is 0. The Bertz CT molecular complexity index is 526. The van der Waals surface area contributed by atoms with Crippen LogP contribution >= 0.6 is 0 Å². The first-order valence-electron chi connectivity index (χ1n) is 7.84. The number of anilines is 1. The molecule has 0 radical (unpaired) electrons. The maximum Gasteiger partial charge on any atom is 0.227 e. The van der Waals surface area contributed by atoms with Crippen LogP contribution in [-0.4, -0.2) is 31.5 Å². The number of rotatable bonds is 1. The molecule has 0 unspecified atom stereocenters. The van der Waals surface area contributed by atoms with Gasteiger partial charge in [0, 0.05) is 31.5 Å². The van der Waals surface area contributed by atoms with Gasteiger partial charge in [0.2, 0.25) is 5.91 Å². The first-order valence-corrected chi connectivity index (χ1v) is 7.84. The van der Waals surface area contributed by atoms with Crippen molar-refractivity contribution in [1.29, 1.82) is 0 Å². The van der Waals surface area contributed by atoms with Gasteiger partial charge >= 0.3 is 0 Å². The molecule has 0 atom stereocenters. The minimum atomic E-state index is -0.339. The number of hydrogen-bond acceptors (Lipinski definition) is 3. The van der Waals surface area contributed by atoms with Gasteiger partial charge in [0.1, 0.15) is 0 Å². The second kappa shape index (κ2) is 4.82. The molecule has 1 aliphatic carbocycles. The van der Waals surface area contributed by atoms with E-state index in [1.54, 1.807) is 0 Å². The van der Waals surface area contributed by atoms with Crippen molar-refractivity contribution in [3.63, 3.8) is 0 Å². The van der Waals surface area contributed by atoms with Crippen molar-refractivity contribution in [2.24, 2.45) is 5.41 Å². The molecule has 2 heterocycles. The summed E-state index contributed by atoms with van der Waals surface area (Å²) in [5.74, 6) is -0.0838. The second-order valence-electron chi connectivity index (χ2n) is 6.60. The average molecular weight is 287 g/mol. The maximum absolute atomic E-state index is 12.4. The smallest absolute Gasteiger partial charge is 0.227 e. The van der Waals surface area contributed by atoms with Crippen LogP contribution < -0.4 is 4.90 Å². The average Bonchev–Trinajstić information content (AvgIpc) is 3.10. The molecule has 1 aromatic carbocycles. The lowest BCUT2D eigenvalue weighted by Crippen LogP contribution is -2.41. The Kier molecular flexibility index (Phi) is 3.05. The molecule has 3 fully saturated rings. The second-order valence-corrected chi connectivity index (χ2v) is 6.60. The Morgan fingerprint density at radius 2 is 1.62 bits per heavy atom. The number of amides is 1. The van der Waals surface area contributed by atoms with Gasteiger partial charge < -0.3 is 14.4 Å². The van der Waals surface area contributed by atoms with E-state index in [4.69, 9.17) is 9.47 Å². The Morgan fingerprint density at radius 3 is 2.29 bits per heavy atom. The summed E-state index contributed by atoms with van der Waals surface area (Å²) in [6.45, 7) is 2.26. The van der Waals surface area contributed by atoms with Crippen molar-refractivity contribution in [2.75, 3.05) is 24.7 Å². The molecule has 2 spiro atoms. The topological polar surface area (TPSA) is 38.8 Å². The highest BCUT2D eigenvalue weighted by molar-refractivity contribution is 5.96. The Morgan fingerprint density at radius 1 is 0.952 bits per heavy atom. The Labute approximate surface area is 125 Å². The normalized spacial score (nSPS) is 26.9. The van der Waals surface area contributed by atoms with Crippen LogP contribution in [0.1, 0.15) is 32.1 Å². The number of nitrogens with zero attached hydrogens (tertiary/aromatic N) is 1. The quantitative estimate of drug-likeness (QED) is 0.797. The van der Waals surface area contributed by atoms with Gasteiger partial charge in [-0.25, -0.2) is 0 Å². The van der Waals surface area contributed by atoms with Gasteiger partial charge in [-0.2, -0.15) is 0 Å². The SMILES string of the molecule is O=C1CC2(CCC3(CC2)OCCO3)CN1c1ccccc1. The van der Waals surface area contributed by atoms with Crippen molar-refractivity contribution < 1.29 is 14.3 Å². The lowest BCUT2D eigenvalue weighted by Gasteiger charge is -2.41. The van der Waals surface area contributed by atoms with Crippen LogP contribution in [0.5, 0.6) is 0 Å². The van der Waals surface area contributed by atoms with E-state index in [2.05, 4.69) is 0 Å². The molecular formula is C17H21NO3. The fourth-order valence-electron chi connectivity index (χ4n) is 4.02. The standard InChI is InChI=1S/C17H21NO3/c19-15-12-16(13-18(15)14-4-2-1-3-5-14)6-8-17(9-7-16)20-10-11-21-17/h1-5H,6-13H2. The third-order valence-electron chi connectivity index (χ3n) is 5.27. The van der Waals surface area contributed by atoms with E-state index in [1.165, 1.54) is 0 Å². The van der Waals surface area contributed by atoms with Gasteiger partial charge in [-0.15, -0.1) is 0 Å². The molecule has 21 heavy (non-hydrogen) atoms. The number of benzene rings is 1. The molecule has 1 amide bonds. The largest absolute Gasteiger partial charge is 0.348 e. The molecule has 2 saturated heterocycles. The molecule has 1 saturated carbocycles. The van der Waals surface area contributed by atoms with Gasteiger partial charge in [0.15, 0.2) is 5.79 Å². The van der Waals surface area contributed by atoms with Gasteiger partial charge in [-0.05, 0) is 30.4 Å². The molecule has 4 heteroatoms. The number of ether oxygens (including phenoxy) is 2. The zero-order valence-electron chi connectivity index (χ0n) is 12.2. The Hall–Kier alpha value is -1.39. The summed E-state index contributed by atoms with van der Waals surface area (Å²) in [6, 6.07) is 10.0. The summed E-state index contributed by atoms with van der Waals surface area (Å²) in [6.07, 6.45) is 4.54. The molecule has 0 aromatic heterocycles. The molecule has 1 aromatic rings. The minimum absolute atomic E-state index is 0.119. The fraction of sp³-hybridized carbons (Fsp3) is 0.588. The highest BCUT2D eigenvalue weighted by atomic mass is 16.7. The zero-order chi connectivity index (χ0) is 14.3. The third-order valence-corrected chi connectivity index (χ3v) is 5.27. The van der Waals surface area contributed by atoms with E-state index in [1.807, 2.05) is 35.2 Å². The van der Waals surface area contributed by atoms with Crippen LogP contribution in [0.25, 0.3) is 0 Å². The van der Waals surface area contributed by atoms with E-state index in [0.29, 0.717) is 19.6 Å². The molecule has 0 bridgehead atoms. The molecule has 112 valence electrons. The first-order chi connectivity index (χ1) is 10.2. The number of hydrogen-bond donors (Lipinski definition) is 0. The highest BCUT2D eigenvalue weighted by Gasteiger charge is 2.51.